The number of esters is 1. The number of aryl methyl sites for hydroxylation is 1. The summed E-state index contributed by atoms with van der Waals surface area (Å²) in [4.78, 5) is 39.4. The van der Waals surface area contributed by atoms with E-state index >= 15 is 0 Å². The first-order chi connectivity index (χ1) is 16.7. The number of nitrogens with zero attached hydrogens (tertiary/aromatic N) is 2. The molecule has 5 rings (SSSR count). The van der Waals surface area contributed by atoms with Gasteiger partial charge in [-0.25, -0.2) is 18.1 Å². The van der Waals surface area contributed by atoms with Crippen LogP contribution < -0.4 is 9.21 Å². The Morgan fingerprint density at radius 3 is 2.63 bits per heavy atom. The summed E-state index contributed by atoms with van der Waals surface area (Å²) in [5.41, 5.74) is 1.96. The molecule has 11 heteroatoms. The van der Waals surface area contributed by atoms with Gasteiger partial charge in [0.1, 0.15) is 4.88 Å². The van der Waals surface area contributed by atoms with Crippen molar-refractivity contribution in [2.45, 2.75) is 24.2 Å². The number of rotatable bonds is 4. The molecule has 8 nitrogen and oxygen atoms in total. The fourth-order valence-corrected chi connectivity index (χ4v) is 7.15. The van der Waals surface area contributed by atoms with Crippen LogP contribution in [-0.2, 0) is 32.4 Å². The Morgan fingerprint density at radius 1 is 1.09 bits per heavy atom. The Bertz CT molecular complexity index is 1500. The van der Waals surface area contributed by atoms with Crippen molar-refractivity contribution in [2.75, 3.05) is 22.9 Å². The maximum Gasteiger partial charge on any atom is 0.348 e. The van der Waals surface area contributed by atoms with E-state index in [0.717, 1.165) is 28.2 Å². The number of imide groups is 1. The van der Waals surface area contributed by atoms with Crippen LogP contribution in [0.5, 0.6) is 0 Å². The summed E-state index contributed by atoms with van der Waals surface area (Å²) < 4.78 is 33.4. The highest BCUT2D eigenvalue weighted by Crippen LogP contribution is 2.38. The quantitative estimate of drug-likeness (QED) is 0.372. The Hall–Kier alpha value is -3.21. The average molecular weight is 531 g/mol. The second kappa shape index (κ2) is 8.78. The zero-order valence-electron chi connectivity index (χ0n) is 18.5. The molecule has 0 bridgehead atoms. The van der Waals surface area contributed by atoms with E-state index < -0.39 is 27.8 Å². The monoisotopic (exact) mass is 530 g/mol. The van der Waals surface area contributed by atoms with Gasteiger partial charge in [0.15, 0.2) is 0 Å². The molecule has 1 aromatic heterocycles. The highest BCUT2D eigenvalue weighted by molar-refractivity contribution is 7.92. The van der Waals surface area contributed by atoms with Gasteiger partial charge in [-0.1, -0.05) is 29.8 Å². The van der Waals surface area contributed by atoms with Gasteiger partial charge < -0.3 is 4.74 Å². The number of anilines is 2. The molecule has 2 aliphatic rings. The first kappa shape index (κ1) is 23.5. The van der Waals surface area contributed by atoms with Gasteiger partial charge in [0.05, 0.1) is 40.4 Å². The van der Waals surface area contributed by atoms with Gasteiger partial charge in [-0.05, 0) is 53.6 Å². The third-order valence-electron chi connectivity index (χ3n) is 6.06. The van der Waals surface area contributed by atoms with Crippen LogP contribution in [0.1, 0.15) is 37.6 Å². The lowest BCUT2D eigenvalue weighted by Crippen LogP contribution is -2.43. The van der Waals surface area contributed by atoms with Crippen LogP contribution in [-0.4, -0.2) is 39.9 Å². The van der Waals surface area contributed by atoms with E-state index in [0.29, 0.717) is 24.2 Å². The number of fused-ring (bicyclic) bond motifs is 2. The zero-order valence-corrected chi connectivity index (χ0v) is 20.9. The summed E-state index contributed by atoms with van der Waals surface area (Å²) in [5.74, 6) is -2.01. The number of ether oxygens (including phenoxy) is 1. The van der Waals surface area contributed by atoms with E-state index in [9.17, 15) is 22.8 Å². The van der Waals surface area contributed by atoms with E-state index in [1.807, 2.05) is 12.1 Å². The van der Waals surface area contributed by atoms with E-state index in [1.54, 1.807) is 17.5 Å². The van der Waals surface area contributed by atoms with Gasteiger partial charge in [0.2, 0.25) is 5.91 Å². The maximum absolute atomic E-state index is 13.6. The van der Waals surface area contributed by atoms with Crippen molar-refractivity contribution < 1.29 is 27.5 Å². The van der Waals surface area contributed by atoms with Crippen LogP contribution >= 0.6 is 22.9 Å². The molecule has 2 aliphatic heterocycles. The number of hydrogen-bond donors (Lipinski definition) is 0. The lowest BCUT2D eigenvalue weighted by molar-refractivity contribution is -0.117. The summed E-state index contributed by atoms with van der Waals surface area (Å²) in [6.07, 6.45) is 1.30. The molecule has 180 valence electrons. The van der Waals surface area contributed by atoms with Crippen molar-refractivity contribution in [3.8, 4) is 0 Å². The molecule has 0 unspecified atom stereocenters. The van der Waals surface area contributed by atoms with E-state index in [1.165, 1.54) is 29.6 Å². The molecular weight excluding hydrogens is 512 g/mol. The molecule has 0 saturated heterocycles. The van der Waals surface area contributed by atoms with Gasteiger partial charge in [-0.3, -0.25) is 13.9 Å². The molecule has 0 atom stereocenters. The zero-order chi connectivity index (χ0) is 24.9. The second-order valence-electron chi connectivity index (χ2n) is 8.09. The fourth-order valence-electron chi connectivity index (χ4n) is 4.41. The highest BCUT2D eigenvalue weighted by Gasteiger charge is 2.39. The molecule has 0 N–H and O–H groups in total. The predicted molar refractivity (Wildman–Crippen MR) is 132 cm³/mol. The largest absolute Gasteiger partial charge is 0.465 e. The van der Waals surface area contributed by atoms with Crippen LogP contribution in [0.2, 0.25) is 5.02 Å². The first-order valence-corrected chi connectivity index (χ1v) is 13.4. The minimum Gasteiger partial charge on any atom is -0.465 e. The van der Waals surface area contributed by atoms with E-state index in [-0.39, 0.29) is 32.5 Å². The molecule has 0 radical (unpaired) electrons. The molecule has 2 aromatic carbocycles. The number of sulfonamides is 1. The van der Waals surface area contributed by atoms with Crippen LogP contribution in [0.25, 0.3) is 0 Å². The fraction of sp³-hybridized carbons (Fsp3) is 0.208. The Morgan fingerprint density at radius 2 is 1.86 bits per heavy atom. The molecular formula is C24H19ClN2O6S2. The highest BCUT2D eigenvalue weighted by atomic mass is 35.5. The summed E-state index contributed by atoms with van der Waals surface area (Å²) >= 11 is 7.38. The molecule has 0 fully saturated rings. The number of thiophene rings is 1. The van der Waals surface area contributed by atoms with Crippen molar-refractivity contribution in [1.29, 1.82) is 0 Å². The number of hydrogen-bond acceptors (Lipinski definition) is 7. The lowest BCUT2D eigenvalue weighted by Gasteiger charge is -2.31. The number of carbonyl (C=O) groups excluding carboxylic acids is 3. The van der Waals surface area contributed by atoms with E-state index in [4.69, 9.17) is 16.3 Å². The molecule has 2 amide bonds. The smallest absolute Gasteiger partial charge is 0.348 e. The molecule has 0 saturated carbocycles. The van der Waals surface area contributed by atoms with Crippen molar-refractivity contribution in [3.63, 3.8) is 0 Å². The van der Waals surface area contributed by atoms with Crippen LogP contribution in [0.15, 0.2) is 52.7 Å². The number of amides is 2. The van der Waals surface area contributed by atoms with Gasteiger partial charge in [0, 0.05) is 6.54 Å². The van der Waals surface area contributed by atoms with Crippen molar-refractivity contribution >= 4 is 62.1 Å². The van der Waals surface area contributed by atoms with Gasteiger partial charge >= 0.3 is 5.97 Å². The number of halogens is 1. The first-order valence-electron chi connectivity index (χ1n) is 10.7. The predicted octanol–water partition coefficient (Wildman–Crippen LogP) is 4.06. The van der Waals surface area contributed by atoms with Crippen molar-refractivity contribution in [1.82, 2.24) is 0 Å². The number of benzene rings is 2. The van der Waals surface area contributed by atoms with Gasteiger partial charge in [0.25, 0.3) is 15.9 Å². The standard InChI is InChI=1S/C24H19ClN2O6S2/c1-33-24(30)22-21-15(13-34-22)11-20(28)27(23(21)29)19-12-16(8-9-17(19)25)35(31,32)26-10-4-6-14-5-2-3-7-18(14)26/h2-3,5,7-9,12-13H,4,6,10-11H2,1H3. The number of methoxy groups -OCH3 is 1. The second-order valence-corrected chi connectivity index (χ2v) is 11.2. The van der Waals surface area contributed by atoms with Crippen molar-refractivity contribution in [3.05, 3.63) is 74.4 Å². The van der Waals surface area contributed by atoms with Crippen LogP contribution in [0.4, 0.5) is 11.4 Å². The SMILES string of the molecule is COC(=O)c1scc2c1C(=O)N(c1cc(S(=O)(=O)N3CCCc4ccccc43)ccc1Cl)C(=O)C2. The molecule has 3 heterocycles. The summed E-state index contributed by atoms with van der Waals surface area (Å²) in [6.45, 7) is 0.305. The summed E-state index contributed by atoms with van der Waals surface area (Å²) in [6, 6.07) is 11.2. The average Bonchev–Trinajstić information content (AvgIpc) is 3.28. The normalized spacial score (nSPS) is 15.6. The lowest BCUT2D eigenvalue weighted by atomic mass is 10.0. The van der Waals surface area contributed by atoms with Crippen molar-refractivity contribution in [2.24, 2.45) is 0 Å². The maximum atomic E-state index is 13.6. The van der Waals surface area contributed by atoms with Crippen LogP contribution in [0, 0.1) is 0 Å². The minimum atomic E-state index is -4.01. The van der Waals surface area contributed by atoms with E-state index in [2.05, 4.69) is 0 Å². The minimum absolute atomic E-state index is 0.0305. The third kappa shape index (κ3) is 3.81. The van der Waals surface area contributed by atoms with Crippen LogP contribution in [0.3, 0.4) is 0 Å². The topological polar surface area (TPSA) is 101 Å². The third-order valence-corrected chi connectivity index (χ3v) is 9.20. The number of para-hydroxylation sites is 1. The molecule has 0 spiro atoms. The summed E-state index contributed by atoms with van der Waals surface area (Å²) in [7, 11) is -2.81. The Kier molecular flexibility index (Phi) is 5.90. The Balaban J connectivity index is 1.58. The number of carbonyl (C=O) groups is 3. The molecule has 3 aromatic rings. The summed E-state index contributed by atoms with van der Waals surface area (Å²) in [5, 5.41) is 1.60. The molecule has 35 heavy (non-hydrogen) atoms. The van der Waals surface area contributed by atoms with Gasteiger partial charge in [-0.2, -0.15) is 0 Å². The van der Waals surface area contributed by atoms with Gasteiger partial charge in [-0.15, -0.1) is 11.3 Å². The Labute approximate surface area is 210 Å². The molecule has 0 aliphatic carbocycles.